The SMILES string of the molecule is CC(C)CC(C)N(C)C(CC#N)c1ccccc1. The number of hydrogen-bond donors (Lipinski definition) is 0. The van der Waals surface area contributed by atoms with Crippen LogP contribution in [0.1, 0.15) is 45.2 Å². The first kappa shape index (κ1) is 14.7. The zero-order valence-electron chi connectivity index (χ0n) is 11.9. The molecule has 1 aromatic carbocycles. The Hall–Kier alpha value is -1.33. The molecule has 0 spiro atoms. The molecule has 0 aliphatic heterocycles. The topological polar surface area (TPSA) is 27.0 Å². The molecule has 0 aliphatic rings. The van der Waals surface area contributed by atoms with E-state index in [1.165, 1.54) is 5.56 Å². The van der Waals surface area contributed by atoms with Crippen molar-refractivity contribution in [2.24, 2.45) is 5.92 Å². The van der Waals surface area contributed by atoms with Crippen molar-refractivity contribution in [3.05, 3.63) is 35.9 Å². The fourth-order valence-electron chi connectivity index (χ4n) is 2.41. The van der Waals surface area contributed by atoms with Gasteiger partial charge in [0, 0.05) is 12.1 Å². The van der Waals surface area contributed by atoms with Crippen LogP contribution in [0.5, 0.6) is 0 Å². The molecule has 0 saturated carbocycles. The second-order valence-corrected chi connectivity index (χ2v) is 5.43. The summed E-state index contributed by atoms with van der Waals surface area (Å²) in [6.45, 7) is 6.73. The molecular weight excluding hydrogens is 220 g/mol. The fourth-order valence-corrected chi connectivity index (χ4v) is 2.41. The highest BCUT2D eigenvalue weighted by Gasteiger charge is 2.21. The molecule has 0 amide bonds. The van der Waals surface area contributed by atoms with E-state index in [0.29, 0.717) is 18.4 Å². The van der Waals surface area contributed by atoms with Gasteiger partial charge in [0.05, 0.1) is 12.5 Å². The van der Waals surface area contributed by atoms with Gasteiger partial charge in [0.15, 0.2) is 0 Å². The third-order valence-electron chi connectivity index (χ3n) is 3.47. The zero-order chi connectivity index (χ0) is 13.5. The minimum Gasteiger partial charge on any atom is -0.296 e. The molecule has 1 aromatic rings. The Bertz CT molecular complexity index is 378. The summed E-state index contributed by atoms with van der Waals surface area (Å²) in [5.41, 5.74) is 1.23. The molecule has 0 radical (unpaired) electrons. The van der Waals surface area contributed by atoms with E-state index in [0.717, 1.165) is 6.42 Å². The zero-order valence-corrected chi connectivity index (χ0v) is 11.9. The lowest BCUT2D eigenvalue weighted by molar-refractivity contribution is 0.166. The summed E-state index contributed by atoms with van der Waals surface area (Å²) in [7, 11) is 2.13. The quantitative estimate of drug-likeness (QED) is 0.756. The van der Waals surface area contributed by atoms with Crippen LogP contribution in [0.15, 0.2) is 30.3 Å². The van der Waals surface area contributed by atoms with Crippen molar-refractivity contribution in [2.75, 3.05) is 7.05 Å². The van der Waals surface area contributed by atoms with Gasteiger partial charge in [-0.25, -0.2) is 0 Å². The summed E-state index contributed by atoms with van der Waals surface area (Å²) >= 11 is 0. The lowest BCUT2D eigenvalue weighted by Crippen LogP contribution is -2.34. The maximum Gasteiger partial charge on any atom is 0.0641 e. The summed E-state index contributed by atoms with van der Waals surface area (Å²) in [4.78, 5) is 2.33. The maximum absolute atomic E-state index is 9.03. The second-order valence-electron chi connectivity index (χ2n) is 5.43. The van der Waals surface area contributed by atoms with Crippen molar-refractivity contribution in [2.45, 2.75) is 45.7 Å². The Balaban J connectivity index is 2.82. The number of nitriles is 1. The molecule has 2 atom stereocenters. The monoisotopic (exact) mass is 244 g/mol. The summed E-state index contributed by atoms with van der Waals surface area (Å²) in [6, 6.07) is 13.3. The van der Waals surface area contributed by atoms with Crippen LogP contribution in [-0.2, 0) is 0 Å². The molecule has 0 heterocycles. The summed E-state index contributed by atoms with van der Waals surface area (Å²) in [5.74, 6) is 0.681. The maximum atomic E-state index is 9.03. The van der Waals surface area contributed by atoms with Gasteiger partial charge in [-0.15, -0.1) is 0 Å². The highest BCUT2D eigenvalue weighted by Crippen LogP contribution is 2.26. The summed E-state index contributed by atoms with van der Waals surface area (Å²) in [5, 5.41) is 9.03. The Morgan fingerprint density at radius 1 is 1.17 bits per heavy atom. The molecule has 0 bridgehead atoms. The van der Waals surface area contributed by atoms with E-state index in [1.54, 1.807) is 0 Å². The average Bonchev–Trinajstić information content (AvgIpc) is 2.35. The standard InChI is InChI=1S/C16H24N2/c1-13(2)12-14(3)18(4)16(10-11-17)15-8-6-5-7-9-15/h5-9,13-14,16H,10,12H2,1-4H3. The number of hydrogen-bond acceptors (Lipinski definition) is 2. The van der Waals surface area contributed by atoms with Crippen LogP contribution in [-0.4, -0.2) is 18.0 Å². The van der Waals surface area contributed by atoms with Crippen molar-refractivity contribution in [1.29, 1.82) is 5.26 Å². The molecule has 18 heavy (non-hydrogen) atoms. The number of rotatable bonds is 6. The highest BCUT2D eigenvalue weighted by atomic mass is 15.2. The lowest BCUT2D eigenvalue weighted by Gasteiger charge is -2.33. The summed E-state index contributed by atoms with van der Waals surface area (Å²) < 4.78 is 0. The van der Waals surface area contributed by atoms with Gasteiger partial charge in [-0.1, -0.05) is 44.2 Å². The largest absolute Gasteiger partial charge is 0.296 e. The lowest BCUT2D eigenvalue weighted by atomic mass is 9.98. The third kappa shape index (κ3) is 4.16. The Morgan fingerprint density at radius 3 is 2.28 bits per heavy atom. The highest BCUT2D eigenvalue weighted by molar-refractivity contribution is 5.20. The van der Waals surface area contributed by atoms with E-state index >= 15 is 0 Å². The molecule has 2 nitrogen and oxygen atoms in total. The minimum atomic E-state index is 0.199. The van der Waals surface area contributed by atoms with Gasteiger partial charge in [-0.3, -0.25) is 4.90 Å². The van der Waals surface area contributed by atoms with Crippen LogP contribution < -0.4 is 0 Å². The Labute approximate surface area is 111 Å². The first-order valence-electron chi connectivity index (χ1n) is 6.70. The molecule has 1 rings (SSSR count). The van der Waals surface area contributed by atoms with Crippen molar-refractivity contribution >= 4 is 0 Å². The van der Waals surface area contributed by atoms with Gasteiger partial charge in [-0.05, 0) is 31.9 Å². The second kappa shape index (κ2) is 7.18. The van der Waals surface area contributed by atoms with Crippen molar-refractivity contribution < 1.29 is 0 Å². The van der Waals surface area contributed by atoms with Gasteiger partial charge in [0.25, 0.3) is 0 Å². The average molecular weight is 244 g/mol. The first-order valence-corrected chi connectivity index (χ1v) is 6.70. The molecule has 0 N–H and O–H groups in total. The van der Waals surface area contributed by atoms with E-state index in [9.17, 15) is 0 Å². The van der Waals surface area contributed by atoms with Crippen LogP contribution in [0, 0.1) is 17.2 Å². The van der Waals surface area contributed by atoms with E-state index in [-0.39, 0.29) is 6.04 Å². The molecule has 0 aromatic heterocycles. The van der Waals surface area contributed by atoms with Crippen molar-refractivity contribution in [3.63, 3.8) is 0 Å². The van der Waals surface area contributed by atoms with E-state index in [1.807, 2.05) is 18.2 Å². The van der Waals surface area contributed by atoms with E-state index in [4.69, 9.17) is 5.26 Å². The van der Waals surface area contributed by atoms with E-state index < -0.39 is 0 Å². The van der Waals surface area contributed by atoms with Crippen LogP contribution in [0.4, 0.5) is 0 Å². The van der Waals surface area contributed by atoms with Gasteiger partial charge in [0.2, 0.25) is 0 Å². The number of nitrogens with zero attached hydrogens (tertiary/aromatic N) is 2. The van der Waals surface area contributed by atoms with Gasteiger partial charge < -0.3 is 0 Å². The minimum absolute atomic E-state index is 0.199. The predicted octanol–water partition coefficient (Wildman–Crippen LogP) is 4.01. The van der Waals surface area contributed by atoms with Gasteiger partial charge >= 0.3 is 0 Å². The van der Waals surface area contributed by atoms with Gasteiger partial charge in [-0.2, -0.15) is 5.26 Å². The normalized spacial score (nSPS) is 14.5. The Kier molecular flexibility index (Phi) is 5.88. The number of benzene rings is 1. The smallest absolute Gasteiger partial charge is 0.0641 e. The van der Waals surface area contributed by atoms with Crippen LogP contribution >= 0.6 is 0 Å². The molecule has 0 aliphatic carbocycles. The Morgan fingerprint density at radius 2 is 1.78 bits per heavy atom. The third-order valence-corrected chi connectivity index (χ3v) is 3.47. The van der Waals surface area contributed by atoms with Gasteiger partial charge in [0.1, 0.15) is 0 Å². The molecule has 98 valence electrons. The van der Waals surface area contributed by atoms with Crippen LogP contribution in [0.3, 0.4) is 0 Å². The summed E-state index contributed by atoms with van der Waals surface area (Å²) in [6.07, 6.45) is 1.70. The molecule has 2 unspecified atom stereocenters. The van der Waals surface area contributed by atoms with Crippen LogP contribution in [0.25, 0.3) is 0 Å². The predicted molar refractivity (Wildman–Crippen MR) is 76.1 cm³/mol. The first-order chi connectivity index (χ1) is 8.56. The molecular formula is C16H24N2. The molecule has 2 heteroatoms. The van der Waals surface area contributed by atoms with Crippen molar-refractivity contribution in [3.8, 4) is 6.07 Å². The molecule has 0 fully saturated rings. The molecule has 0 saturated heterocycles. The van der Waals surface area contributed by atoms with E-state index in [2.05, 4.69) is 50.9 Å². The van der Waals surface area contributed by atoms with Crippen LogP contribution in [0.2, 0.25) is 0 Å². The fraction of sp³-hybridized carbons (Fsp3) is 0.562. The van der Waals surface area contributed by atoms with Crippen molar-refractivity contribution in [1.82, 2.24) is 4.90 Å².